The Labute approximate surface area is 167 Å². The zero-order valence-electron chi connectivity index (χ0n) is 15.3. The van der Waals surface area contributed by atoms with Crippen LogP contribution in [0.4, 0.5) is 0 Å². The number of ether oxygens (including phenoxy) is 1. The van der Waals surface area contributed by atoms with E-state index >= 15 is 0 Å². The lowest BCUT2D eigenvalue weighted by Gasteiger charge is -2.14. The Kier molecular flexibility index (Phi) is 5.30. The van der Waals surface area contributed by atoms with E-state index in [0.717, 1.165) is 27.2 Å². The van der Waals surface area contributed by atoms with Crippen LogP contribution < -0.4 is 10.1 Å². The fourth-order valence-corrected chi connectivity index (χ4v) is 3.43. The summed E-state index contributed by atoms with van der Waals surface area (Å²) in [5.74, 6) is 0.495. The number of aromatic nitrogens is 2. The van der Waals surface area contributed by atoms with Crippen molar-refractivity contribution in [3.63, 3.8) is 0 Å². The number of benzene rings is 2. The summed E-state index contributed by atoms with van der Waals surface area (Å²) in [7, 11) is 0. The summed E-state index contributed by atoms with van der Waals surface area (Å²) >= 11 is 1.61. The average molecular weight is 389 g/mol. The Balaban J connectivity index is 1.40. The van der Waals surface area contributed by atoms with Gasteiger partial charge in [0.15, 0.2) is 6.10 Å². The number of carbonyl (C=O) groups is 1. The topological polar surface area (TPSA) is 64.1 Å². The zero-order chi connectivity index (χ0) is 19.3. The van der Waals surface area contributed by atoms with Gasteiger partial charge >= 0.3 is 0 Å². The van der Waals surface area contributed by atoms with E-state index in [2.05, 4.69) is 15.3 Å². The second kappa shape index (κ2) is 8.19. The number of carbonyl (C=O) groups excluding carboxylic acids is 1. The number of para-hydroxylation sites is 2. The standard InChI is InChI=1S/C22H19N3O2S/c1-15(22(26)24-13-18-5-4-12-28-18)27-17-10-8-16(9-11-17)21-14-23-19-6-2-3-7-20(19)25-21/h2-12,14-15H,13H2,1H3,(H,24,26). The molecular formula is C22H19N3O2S. The van der Waals surface area contributed by atoms with Crippen molar-refractivity contribution in [1.29, 1.82) is 0 Å². The first-order valence-corrected chi connectivity index (χ1v) is 9.86. The van der Waals surface area contributed by atoms with Gasteiger partial charge < -0.3 is 10.1 Å². The van der Waals surface area contributed by atoms with Crippen LogP contribution in [-0.2, 0) is 11.3 Å². The number of nitrogens with zero attached hydrogens (tertiary/aromatic N) is 2. The van der Waals surface area contributed by atoms with Crippen molar-refractivity contribution in [2.45, 2.75) is 19.6 Å². The predicted molar refractivity (Wildman–Crippen MR) is 111 cm³/mol. The maximum Gasteiger partial charge on any atom is 0.261 e. The van der Waals surface area contributed by atoms with Gasteiger partial charge in [0.05, 0.1) is 29.5 Å². The normalized spacial score (nSPS) is 11.9. The van der Waals surface area contributed by atoms with Crippen LogP contribution >= 0.6 is 11.3 Å². The van der Waals surface area contributed by atoms with Crippen molar-refractivity contribution in [1.82, 2.24) is 15.3 Å². The molecule has 28 heavy (non-hydrogen) atoms. The molecule has 1 atom stereocenters. The maximum atomic E-state index is 12.2. The molecule has 140 valence electrons. The van der Waals surface area contributed by atoms with E-state index in [1.807, 2.05) is 66.0 Å². The van der Waals surface area contributed by atoms with Gasteiger partial charge in [0.2, 0.25) is 0 Å². The fourth-order valence-electron chi connectivity index (χ4n) is 2.79. The molecule has 0 bridgehead atoms. The third-order valence-corrected chi connectivity index (χ3v) is 5.17. The zero-order valence-corrected chi connectivity index (χ0v) is 16.1. The van der Waals surface area contributed by atoms with Gasteiger partial charge in [0, 0.05) is 10.4 Å². The predicted octanol–water partition coefficient (Wildman–Crippen LogP) is 4.44. The van der Waals surface area contributed by atoms with Gasteiger partial charge in [-0.3, -0.25) is 9.78 Å². The number of amides is 1. The first-order valence-electron chi connectivity index (χ1n) is 8.98. The van der Waals surface area contributed by atoms with E-state index in [1.165, 1.54) is 0 Å². The molecule has 4 aromatic rings. The Bertz CT molecular complexity index is 1080. The molecule has 2 heterocycles. The number of rotatable bonds is 6. The highest BCUT2D eigenvalue weighted by Gasteiger charge is 2.14. The summed E-state index contributed by atoms with van der Waals surface area (Å²) in [5, 5.41) is 4.88. The van der Waals surface area contributed by atoms with E-state index < -0.39 is 6.10 Å². The van der Waals surface area contributed by atoms with Crippen molar-refractivity contribution in [3.8, 4) is 17.0 Å². The first-order chi connectivity index (χ1) is 13.7. The Morgan fingerprint density at radius 2 is 1.86 bits per heavy atom. The molecule has 0 saturated carbocycles. The minimum atomic E-state index is -0.578. The number of hydrogen-bond acceptors (Lipinski definition) is 5. The smallest absolute Gasteiger partial charge is 0.261 e. The van der Waals surface area contributed by atoms with Gasteiger partial charge in [-0.2, -0.15) is 0 Å². The molecule has 2 aromatic carbocycles. The average Bonchev–Trinajstić information content (AvgIpc) is 3.26. The van der Waals surface area contributed by atoms with E-state index in [0.29, 0.717) is 12.3 Å². The fraction of sp³-hybridized carbons (Fsp3) is 0.136. The maximum absolute atomic E-state index is 12.2. The van der Waals surface area contributed by atoms with Crippen molar-refractivity contribution in [2.75, 3.05) is 0 Å². The molecule has 1 unspecified atom stereocenters. The molecule has 5 nitrogen and oxygen atoms in total. The van der Waals surface area contributed by atoms with Gasteiger partial charge in [-0.1, -0.05) is 18.2 Å². The van der Waals surface area contributed by atoms with E-state index in [9.17, 15) is 4.79 Å². The highest BCUT2D eigenvalue weighted by molar-refractivity contribution is 7.09. The van der Waals surface area contributed by atoms with Crippen LogP contribution in [0.1, 0.15) is 11.8 Å². The van der Waals surface area contributed by atoms with Crippen molar-refractivity contribution < 1.29 is 9.53 Å². The second-order valence-corrected chi connectivity index (χ2v) is 7.36. The molecule has 0 saturated heterocycles. The van der Waals surface area contributed by atoms with Crippen LogP contribution in [-0.4, -0.2) is 22.0 Å². The van der Waals surface area contributed by atoms with Crippen LogP contribution in [0.2, 0.25) is 0 Å². The van der Waals surface area contributed by atoms with Crippen LogP contribution in [0.25, 0.3) is 22.3 Å². The second-order valence-electron chi connectivity index (χ2n) is 6.33. The summed E-state index contributed by atoms with van der Waals surface area (Å²) in [5.41, 5.74) is 3.47. The van der Waals surface area contributed by atoms with Gasteiger partial charge in [-0.05, 0) is 54.8 Å². The summed E-state index contributed by atoms with van der Waals surface area (Å²) < 4.78 is 5.76. The number of hydrogen-bond donors (Lipinski definition) is 1. The molecule has 0 spiro atoms. The SMILES string of the molecule is CC(Oc1ccc(-c2cnc3ccccc3n2)cc1)C(=O)NCc1cccs1. The van der Waals surface area contributed by atoms with E-state index in [-0.39, 0.29) is 5.91 Å². The first kappa shape index (κ1) is 18.1. The quantitative estimate of drug-likeness (QED) is 0.529. The van der Waals surface area contributed by atoms with Crippen molar-refractivity contribution >= 4 is 28.3 Å². The van der Waals surface area contributed by atoms with Crippen LogP contribution in [0.5, 0.6) is 5.75 Å². The number of fused-ring (bicyclic) bond motifs is 1. The van der Waals surface area contributed by atoms with Gasteiger partial charge in [0.1, 0.15) is 5.75 Å². The lowest BCUT2D eigenvalue weighted by Crippen LogP contribution is -2.35. The van der Waals surface area contributed by atoms with Gasteiger partial charge in [-0.15, -0.1) is 11.3 Å². The van der Waals surface area contributed by atoms with Crippen LogP contribution in [0, 0.1) is 0 Å². The molecular weight excluding hydrogens is 370 g/mol. The molecule has 1 amide bonds. The summed E-state index contributed by atoms with van der Waals surface area (Å²) in [6, 6.07) is 19.3. The highest BCUT2D eigenvalue weighted by Crippen LogP contribution is 2.22. The van der Waals surface area contributed by atoms with E-state index in [1.54, 1.807) is 24.5 Å². The highest BCUT2D eigenvalue weighted by atomic mass is 32.1. The largest absolute Gasteiger partial charge is 0.481 e. The molecule has 0 radical (unpaired) electrons. The van der Waals surface area contributed by atoms with E-state index in [4.69, 9.17) is 4.74 Å². The molecule has 4 rings (SSSR count). The number of thiophene rings is 1. The monoisotopic (exact) mass is 389 g/mol. The third-order valence-electron chi connectivity index (χ3n) is 4.30. The molecule has 0 aliphatic carbocycles. The molecule has 0 aliphatic heterocycles. The lowest BCUT2D eigenvalue weighted by molar-refractivity contribution is -0.127. The molecule has 0 aliphatic rings. The summed E-state index contributed by atoms with van der Waals surface area (Å²) in [4.78, 5) is 22.4. The van der Waals surface area contributed by atoms with Gasteiger partial charge in [0.25, 0.3) is 5.91 Å². The van der Waals surface area contributed by atoms with Crippen LogP contribution in [0.15, 0.2) is 72.2 Å². The Hall–Kier alpha value is -3.25. The van der Waals surface area contributed by atoms with Gasteiger partial charge in [-0.25, -0.2) is 4.98 Å². The minimum Gasteiger partial charge on any atom is -0.481 e. The summed E-state index contributed by atoms with van der Waals surface area (Å²) in [6.07, 6.45) is 1.19. The lowest BCUT2D eigenvalue weighted by atomic mass is 10.1. The third kappa shape index (κ3) is 4.18. The minimum absolute atomic E-state index is 0.141. The Morgan fingerprint density at radius 3 is 2.61 bits per heavy atom. The van der Waals surface area contributed by atoms with Crippen LogP contribution in [0.3, 0.4) is 0 Å². The van der Waals surface area contributed by atoms with Crippen molar-refractivity contribution in [3.05, 3.63) is 77.1 Å². The Morgan fingerprint density at radius 1 is 1.07 bits per heavy atom. The summed E-state index contributed by atoms with van der Waals surface area (Å²) in [6.45, 7) is 2.26. The molecule has 0 fully saturated rings. The molecule has 1 N–H and O–H groups in total. The number of nitrogens with one attached hydrogen (secondary N) is 1. The molecule has 6 heteroatoms. The van der Waals surface area contributed by atoms with Crippen molar-refractivity contribution in [2.24, 2.45) is 0 Å². The molecule has 2 aromatic heterocycles.